The van der Waals surface area contributed by atoms with E-state index in [0.717, 1.165) is 6.54 Å². The Morgan fingerprint density at radius 2 is 2.11 bits per heavy atom. The van der Waals surface area contributed by atoms with Crippen molar-refractivity contribution in [2.45, 2.75) is 44.9 Å². The van der Waals surface area contributed by atoms with E-state index >= 15 is 0 Å². The van der Waals surface area contributed by atoms with Crippen molar-refractivity contribution in [2.24, 2.45) is 0 Å². The molecule has 0 spiro atoms. The minimum Gasteiger partial charge on any atom is -0.444 e. The largest absolute Gasteiger partial charge is 0.444 e. The van der Waals surface area contributed by atoms with E-state index in [-0.39, 0.29) is 6.09 Å². The van der Waals surface area contributed by atoms with Crippen LogP contribution >= 0.6 is 0 Å². The molecule has 19 heavy (non-hydrogen) atoms. The van der Waals surface area contributed by atoms with Gasteiger partial charge in [-0.2, -0.15) is 0 Å². The van der Waals surface area contributed by atoms with E-state index in [1.165, 1.54) is 0 Å². The third-order valence-electron chi connectivity index (χ3n) is 2.80. The minimum atomic E-state index is -0.445. The van der Waals surface area contributed by atoms with Crippen LogP contribution in [0.3, 0.4) is 0 Å². The standard InChI is InChI=1S/C13H26N2O4/c1-13(2,3)19-12(17)15-7-10(8-15)14-6-5-11(16)9-18-4/h10-11,14,16H,5-9H2,1-4H3. The highest BCUT2D eigenvalue weighted by Crippen LogP contribution is 2.15. The highest BCUT2D eigenvalue weighted by Gasteiger charge is 2.33. The van der Waals surface area contributed by atoms with Crippen molar-refractivity contribution in [3.8, 4) is 0 Å². The third kappa shape index (κ3) is 6.22. The van der Waals surface area contributed by atoms with Crippen molar-refractivity contribution in [1.82, 2.24) is 10.2 Å². The normalized spacial score (nSPS) is 18.1. The summed E-state index contributed by atoms with van der Waals surface area (Å²) in [5, 5.41) is 12.8. The molecule has 6 nitrogen and oxygen atoms in total. The van der Waals surface area contributed by atoms with Gasteiger partial charge in [0.25, 0.3) is 0 Å². The van der Waals surface area contributed by atoms with Crippen molar-refractivity contribution < 1.29 is 19.4 Å². The Bertz CT molecular complexity index is 285. The molecule has 2 N–H and O–H groups in total. The van der Waals surface area contributed by atoms with Crippen LogP contribution in [0.5, 0.6) is 0 Å². The zero-order chi connectivity index (χ0) is 14.5. The molecule has 1 saturated heterocycles. The quantitative estimate of drug-likeness (QED) is 0.742. The number of hydrogen-bond acceptors (Lipinski definition) is 5. The van der Waals surface area contributed by atoms with Gasteiger partial charge < -0.3 is 24.8 Å². The zero-order valence-electron chi connectivity index (χ0n) is 12.3. The lowest BCUT2D eigenvalue weighted by molar-refractivity contribution is 0.00448. The molecule has 112 valence electrons. The predicted octanol–water partition coefficient (Wildman–Crippen LogP) is 0.593. The Morgan fingerprint density at radius 3 is 2.63 bits per heavy atom. The molecule has 1 aliphatic rings. The molecule has 0 radical (unpaired) electrons. The number of methoxy groups -OCH3 is 1. The van der Waals surface area contributed by atoms with Gasteiger partial charge in [-0.05, 0) is 33.7 Å². The van der Waals surface area contributed by atoms with Crippen LogP contribution in [0.15, 0.2) is 0 Å². The topological polar surface area (TPSA) is 71.0 Å². The molecule has 1 unspecified atom stereocenters. The lowest BCUT2D eigenvalue weighted by atomic mass is 10.1. The molecule has 0 aliphatic carbocycles. The second-order valence-electron chi connectivity index (χ2n) is 5.93. The van der Waals surface area contributed by atoms with Gasteiger partial charge in [0.05, 0.1) is 12.7 Å². The maximum absolute atomic E-state index is 11.7. The first-order chi connectivity index (χ1) is 8.81. The first-order valence-electron chi connectivity index (χ1n) is 6.70. The van der Waals surface area contributed by atoms with Crippen LogP contribution in [0.2, 0.25) is 0 Å². The average molecular weight is 274 g/mol. The average Bonchev–Trinajstić information content (AvgIpc) is 2.18. The van der Waals surface area contributed by atoms with Gasteiger partial charge in [-0.15, -0.1) is 0 Å². The Labute approximate surface area is 115 Å². The molecule has 0 saturated carbocycles. The summed E-state index contributed by atoms with van der Waals surface area (Å²) in [7, 11) is 1.57. The SMILES string of the molecule is COCC(O)CCNC1CN(C(=O)OC(C)(C)C)C1. The van der Waals surface area contributed by atoms with Gasteiger partial charge >= 0.3 is 6.09 Å². The van der Waals surface area contributed by atoms with Gasteiger partial charge in [0.15, 0.2) is 0 Å². The molecular weight excluding hydrogens is 248 g/mol. The van der Waals surface area contributed by atoms with Gasteiger partial charge in [0.1, 0.15) is 5.60 Å². The number of amides is 1. The molecule has 1 heterocycles. The molecule has 1 aliphatic heterocycles. The Balaban J connectivity index is 2.08. The van der Waals surface area contributed by atoms with Gasteiger partial charge in [0, 0.05) is 26.2 Å². The van der Waals surface area contributed by atoms with Crippen molar-refractivity contribution in [1.29, 1.82) is 0 Å². The molecule has 0 aromatic carbocycles. The van der Waals surface area contributed by atoms with Crippen molar-refractivity contribution in [2.75, 3.05) is 33.4 Å². The summed E-state index contributed by atoms with van der Waals surface area (Å²) >= 11 is 0. The first kappa shape index (κ1) is 16.2. The molecule has 0 aromatic heterocycles. The van der Waals surface area contributed by atoms with Gasteiger partial charge in [-0.25, -0.2) is 4.79 Å². The number of ether oxygens (including phenoxy) is 2. The van der Waals surface area contributed by atoms with Crippen molar-refractivity contribution >= 4 is 6.09 Å². The van der Waals surface area contributed by atoms with Crippen molar-refractivity contribution in [3.63, 3.8) is 0 Å². The van der Waals surface area contributed by atoms with Crippen molar-refractivity contribution in [3.05, 3.63) is 0 Å². The van der Waals surface area contributed by atoms with Gasteiger partial charge in [0.2, 0.25) is 0 Å². The first-order valence-corrected chi connectivity index (χ1v) is 6.70. The second kappa shape index (κ2) is 7.07. The monoisotopic (exact) mass is 274 g/mol. The molecule has 6 heteroatoms. The highest BCUT2D eigenvalue weighted by atomic mass is 16.6. The minimum absolute atomic E-state index is 0.259. The summed E-state index contributed by atoms with van der Waals surface area (Å²) < 4.78 is 10.1. The van der Waals surface area contributed by atoms with E-state index in [0.29, 0.717) is 32.2 Å². The number of rotatable bonds is 6. The molecule has 1 fully saturated rings. The summed E-state index contributed by atoms with van der Waals surface area (Å²) in [6.45, 7) is 7.98. The van der Waals surface area contributed by atoms with E-state index in [9.17, 15) is 9.90 Å². The van der Waals surface area contributed by atoms with Crippen LogP contribution in [0.1, 0.15) is 27.2 Å². The second-order valence-corrected chi connectivity index (χ2v) is 5.93. The fraction of sp³-hybridized carbons (Fsp3) is 0.923. The highest BCUT2D eigenvalue weighted by molar-refractivity contribution is 5.69. The maximum atomic E-state index is 11.7. The fourth-order valence-electron chi connectivity index (χ4n) is 1.81. The number of nitrogens with zero attached hydrogens (tertiary/aromatic N) is 1. The summed E-state index contributed by atoms with van der Waals surface area (Å²) in [5.41, 5.74) is -0.445. The van der Waals surface area contributed by atoms with E-state index < -0.39 is 11.7 Å². The van der Waals surface area contributed by atoms with Crippen LogP contribution in [0.25, 0.3) is 0 Å². The van der Waals surface area contributed by atoms with E-state index in [1.807, 2.05) is 20.8 Å². The molecular formula is C13H26N2O4. The summed E-state index contributed by atoms with van der Waals surface area (Å²) in [4.78, 5) is 13.3. The number of hydrogen-bond donors (Lipinski definition) is 2. The third-order valence-corrected chi connectivity index (χ3v) is 2.80. The summed E-state index contributed by atoms with van der Waals surface area (Å²) in [6.07, 6.45) is -0.0407. The van der Waals surface area contributed by atoms with Crippen LogP contribution in [-0.4, -0.2) is 67.2 Å². The molecule has 0 aromatic rings. The molecule has 1 rings (SSSR count). The van der Waals surface area contributed by atoms with Gasteiger partial charge in [-0.1, -0.05) is 0 Å². The number of likely N-dealkylation sites (tertiary alicyclic amines) is 1. The maximum Gasteiger partial charge on any atom is 0.410 e. The fourth-order valence-corrected chi connectivity index (χ4v) is 1.81. The number of nitrogens with one attached hydrogen (secondary N) is 1. The lowest BCUT2D eigenvalue weighted by Gasteiger charge is -2.40. The van der Waals surface area contributed by atoms with Crippen LogP contribution in [-0.2, 0) is 9.47 Å². The van der Waals surface area contributed by atoms with Crippen LogP contribution in [0.4, 0.5) is 4.79 Å². The van der Waals surface area contributed by atoms with Crippen LogP contribution < -0.4 is 5.32 Å². The van der Waals surface area contributed by atoms with E-state index in [2.05, 4.69) is 5.32 Å². The molecule has 0 bridgehead atoms. The molecule has 1 amide bonds. The summed E-state index contributed by atoms with van der Waals surface area (Å²) in [6, 6.07) is 0.294. The number of aliphatic hydroxyl groups excluding tert-OH is 1. The zero-order valence-corrected chi connectivity index (χ0v) is 12.3. The Hall–Kier alpha value is -0.850. The van der Waals surface area contributed by atoms with Gasteiger partial charge in [-0.3, -0.25) is 0 Å². The Kier molecular flexibility index (Phi) is 6.03. The van der Waals surface area contributed by atoms with Crippen LogP contribution in [0, 0.1) is 0 Å². The predicted molar refractivity (Wildman–Crippen MR) is 72.1 cm³/mol. The number of aliphatic hydroxyl groups is 1. The summed E-state index contributed by atoms with van der Waals surface area (Å²) in [5.74, 6) is 0. The Morgan fingerprint density at radius 1 is 1.47 bits per heavy atom. The lowest BCUT2D eigenvalue weighted by Crippen LogP contribution is -2.60. The molecule has 1 atom stereocenters. The van der Waals surface area contributed by atoms with E-state index in [4.69, 9.17) is 9.47 Å². The smallest absolute Gasteiger partial charge is 0.410 e. The number of carbonyl (C=O) groups excluding carboxylic acids is 1. The number of carbonyl (C=O) groups is 1. The van der Waals surface area contributed by atoms with E-state index in [1.54, 1.807) is 12.0 Å².